The van der Waals surface area contributed by atoms with Crippen molar-refractivity contribution in [3.05, 3.63) is 59.7 Å². The van der Waals surface area contributed by atoms with Crippen LogP contribution < -0.4 is 15.4 Å². The first-order valence-electron chi connectivity index (χ1n) is 7.85. The van der Waals surface area contributed by atoms with Gasteiger partial charge in [0.25, 0.3) is 0 Å². The number of benzene rings is 2. The molecule has 4 nitrogen and oxygen atoms in total. The Hall–Kier alpha value is -2.49. The minimum Gasteiger partial charge on any atom is -0.487 e. The molecule has 1 atom stereocenters. The monoisotopic (exact) mass is 310 g/mol. The summed E-state index contributed by atoms with van der Waals surface area (Å²) in [6, 6.07) is 15.3. The molecule has 1 aliphatic rings. The number of fused-ring (bicyclic) bond motifs is 1. The molecule has 0 saturated carbocycles. The molecule has 2 aromatic carbocycles. The van der Waals surface area contributed by atoms with Crippen LogP contribution in [0.2, 0.25) is 0 Å². The maximum atomic E-state index is 12.3. The van der Waals surface area contributed by atoms with Crippen molar-refractivity contribution in [3.8, 4) is 5.75 Å². The van der Waals surface area contributed by atoms with Gasteiger partial charge in [0.1, 0.15) is 11.4 Å². The highest BCUT2D eigenvalue weighted by Crippen LogP contribution is 2.39. The number of carbonyl (C=O) groups is 1. The first-order valence-corrected chi connectivity index (χ1v) is 7.85. The standard InChI is InChI=1S/C19H22N2O2/c1-13-9-10-17-15(11-13)16(12-19(2,3)23-17)21-18(22)20-14-7-5-4-6-8-14/h4-11,16H,12H2,1-3H3,(H2,20,21,22). The van der Waals surface area contributed by atoms with Crippen molar-refractivity contribution < 1.29 is 9.53 Å². The van der Waals surface area contributed by atoms with Crippen LogP contribution in [-0.2, 0) is 0 Å². The Balaban J connectivity index is 1.79. The predicted octanol–water partition coefficient (Wildman–Crippen LogP) is 4.42. The number of aryl methyl sites for hydroxylation is 1. The van der Waals surface area contributed by atoms with E-state index in [-0.39, 0.29) is 17.7 Å². The van der Waals surface area contributed by atoms with E-state index in [1.54, 1.807) is 0 Å². The summed E-state index contributed by atoms with van der Waals surface area (Å²) >= 11 is 0. The minimum atomic E-state index is -0.313. The summed E-state index contributed by atoms with van der Waals surface area (Å²) < 4.78 is 6.03. The molecule has 2 N–H and O–H groups in total. The maximum Gasteiger partial charge on any atom is 0.319 e. The van der Waals surface area contributed by atoms with E-state index in [9.17, 15) is 4.79 Å². The van der Waals surface area contributed by atoms with Gasteiger partial charge in [-0.2, -0.15) is 0 Å². The summed E-state index contributed by atoms with van der Waals surface area (Å²) in [5.41, 5.74) is 2.66. The molecule has 0 saturated heterocycles. The van der Waals surface area contributed by atoms with Crippen LogP contribution in [0.15, 0.2) is 48.5 Å². The lowest BCUT2D eigenvalue weighted by molar-refractivity contribution is 0.0682. The molecule has 0 bridgehead atoms. The third-order valence-electron chi connectivity index (χ3n) is 3.96. The number of nitrogens with one attached hydrogen (secondary N) is 2. The fraction of sp³-hybridized carbons (Fsp3) is 0.316. The van der Waals surface area contributed by atoms with Crippen molar-refractivity contribution in [1.29, 1.82) is 0 Å². The van der Waals surface area contributed by atoms with Crippen LogP contribution in [0.3, 0.4) is 0 Å². The first kappa shape index (κ1) is 15.4. The van der Waals surface area contributed by atoms with Crippen LogP contribution in [-0.4, -0.2) is 11.6 Å². The van der Waals surface area contributed by atoms with Gasteiger partial charge in [-0.15, -0.1) is 0 Å². The zero-order valence-electron chi connectivity index (χ0n) is 13.7. The highest BCUT2D eigenvalue weighted by atomic mass is 16.5. The second-order valence-electron chi connectivity index (χ2n) is 6.62. The minimum absolute atomic E-state index is 0.0719. The molecule has 0 aliphatic carbocycles. The van der Waals surface area contributed by atoms with Crippen molar-refractivity contribution in [2.24, 2.45) is 0 Å². The van der Waals surface area contributed by atoms with Crippen molar-refractivity contribution in [1.82, 2.24) is 5.32 Å². The van der Waals surface area contributed by atoms with Crippen LogP contribution in [0.5, 0.6) is 5.75 Å². The molecule has 2 aromatic rings. The fourth-order valence-corrected chi connectivity index (χ4v) is 2.95. The van der Waals surface area contributed by atoms with E-state index in [2.05, 4.69) is 16.7 Å². The molecule has 0 spiro atoms. The fourth-order valence-electron chi connectivity index (χ4n) is 2.95. The largest absolute Gasteiger partial charge is 0.487 e. The lowest BCUT2D eigenvalue weighted by Gasteiger charge is -2.38. The zero-order valence-corrected chi connectivity index (χ0v) is 13.7. The molecule has 0 aromatic heterocycles. The molecule has 120 valence electrons. The summed E-state index contributed by atoms with van der Waals surface area (Å²) in [5, 5.41) is 5.95. The highest BCUT2D eigenvalue weighted by molar-refractivity contribution is 5.89. The second kappa shape index (κ2) is 5.95. The number of ether oxygens (including phenoxy) is 1. The maximum absolute atomic E-state index is 12.3. The number of rotatable bonds is 2. The number of hydrogen-bond acceptors (Lipinski definition) is 2. The Labute approximate surface area is 136 Å². The third kappa shape index (κ3) is 3.65. The van der Waals surface area contributed by atoms with E-state index in [0.29, 0.717) is 0 Å². The van der Waals surface area contributed by atoms with Crippen molar-refractivity contribution >= 4 is 11.7 Å². The van der Waals surface area contributed by atoms with Crippen molar-refractivity contribution in [2.75, 3.05) is 5.32 Å². The third-order valence-corrected chi connectivity index (χ3v) is 3.96. The highest BCUT2D eigenvalue weighted by Gasteiger charge is 2.34. The van der Waals surface area contributed by atoms with Gasteiger partial charge in [0.2, 0.25) is 0 Å². The number of urea groups is 1. The summed E-state index contributed by atoms with van der Waals surface area (Å²) in [6.45, 7) is 6.13. The number of amides is 2. The van der Waals surface area contributed by atoms with Crippen LogP contribution >= 0.6 is 0 Å². The van der Waals surface area contributed by atoms with E-state index in [1.165, 1.54) is 0 Å². The van der Waals surface area contributed by atoms with Crippen LogP contribution in [0.4, 0.5) is 10.5 Å². The lowest BCUT2D eigenvalue weighted by Crippen LogP contribution is -2.42. The molecule has 3 rings (SSSR count). The van der Waals surface area contributed by atoms with Gasteiger partial charge in [0, 0.05) is 17.7 Å². The SMILES string of the molecule is Cc1ccc2c(c1)C(NC(=O)Nc1ccccc1)CC(C)(C)O2. The predicted molar refractivity (Wildman–Crippen MR) is 91.8 cm³/mol. The van der Waals surface area contributed by atoms with Crippen LogP contribution in [0.1, 0.15) is 37.4 Å². The molecule has 1 unspecified atom stereocenters. The summed E-state index contributed by atoms with van der Waals surface area (Å²) in [4.78, 5) is 12.3. The van der Waals surface area contributed by atoms with Gasteiger partial charge in [0.15, 0.2) is 0 Å². The summed E-state index contributed by atoms with van der Waals surface area (Å²) in [5.74, 6) is 0.844. The van der Waals surface area contributed by atoms with Crippen LogP contribution in [0.25, 0.3) is 0 Å². The van der Waals surface area contributed by atoms with E-state index in [0.717, 1.165) is 29.0 Å². The van der Waals surface area contributed by atoms with E-state index in [1.807, 2.05) is 63.2 Å². The molecule has 0 fully saturated rings. The van der Waals surface area contributed by atoms with E-state index >= 15 is 0 Å². The van der Waals surface area contributed by atoms with Gasteiger partial charge < -0.3 is 15.4 Å². The van der Waals surface area contributed by atoms with E-state index < -0.39 is 0 Å². The molecule has 0 radical (unpaired) electrons. The van der Waals surface area contributed by atoms with Gasteiger partial charge in [-0.3, -0.25) is 0 Å². The Kier molecular flexibility index (Phi) is 3.99. The van der Waals surface area contributed by atoms with Gasteiger partial charge in [-0.25, -0.2) is 4.79 Å². The Morgan fingerprint density at radius 1 is 1.17 bits per heavy atom. The topological polar surface area (TPSA) is 50.4 Å². The Morgan fingerprint density at radius 3 is 2.65 bits per heavy atom. The quantitative estimate of drug-likeness (QED) is 0.862. The van der Waals surface area contributed by atoms with Gasteiger partial charge in [-0.05, 0) is 39.0 Å². The number of para-hydroxylation sites is 1. The number of anilines is 1. The van der Waals surface area contributed by atoms with E-state index in [4.69, 9.17) is 4.74 Å². The van der Waals surface area contributed by atoms with Gasteiger partial charge in [0.05, 0.1) is 6.04 Å². The van der Waals surface area contributed by atoms with Crippen molar-refractivity contribution in [2.45, 2.75) is 38.8 Å². The smallest absolute Gasteiger partial charge is 0.319 e. The average molecular weight is 310 g/mol. The molecule has 1 aliphatic heterocycles. The van der Waals surface area contributed by atoms with Gasteiger partial charge in [-0.1, -0.05) is 35.9 Å². The molecular weight excluding hydrogens is 288 g/mol. The zero-order chi connectivity index (χ0) is 16.4. The molecule has 2 amide bonds. The second-order valence-corrected chi connectivity index (χ2v) is 6.62. The Morgan fingerprint density at radius 2 is 1.91 bits per heavy atom. The normalized spacial score (nSPS) is 18.5. The molecule has 4 heteroatoms. The average Bonchev–Trinajstić information content (AvgIpc) is 2.48. The van der Waals surface area contributed by atoms with Crippen LogP contribution in [0, 0.1) is 6.92 Å². The van der Waals surface area contributed by atoms with Gasteiger partial charge >= 0.3 is 6.03 Å². The molecular formula is C19H22N2O2. The number of carbonyl (C=O) groups excluding carboxylic acids is 1. The number of hydrogen-bond donors (Lipinski definition) is 2. The summed E-state index contributed by atoms with van der Waals surface area (Å²) in [7, 11) is 0. The lowest BCUT2D eigenvalue weighted by atomic mass is 9.89. The molecule has 1 heterocycles. The Bertz CT molecular complexity index is 711. The molecule has 23 heavy (non-hydrogen) atoms. The summed E-state index contributed by atoms with van der Waals surface area (Å²) in [6.07, 6.45) is 0.728. The van der Waals surface area contributed by atoms with Crippen molar-refractivity contribution in [3.63, 3.8) is 0 Å². The first-order chi connectivity index (χ1) is 10.9.